The number of rotatable bonds is 4. The van der Waals surface area contributed by atoms with E-state index in [4.69, 9.17) is 17.3 Å². The molecule has 3 nitrogen and oxygen atoms in total. The van der Waals surface area contributed by atoms with Crippen LogP contribution in [-0.2, 0) is 0 Å². The van der Waals surface area contributed by atoms with Crippen LogP contribution < -0.4 is 10.6 Å². The van der Waals surface area contributed by atoms with E-state index in [-0.39, 0.29) is 0 Å². The largest absolute Gasteiger partial charge is 0.396 e. The van der Waals surface area contributed by atoms with Gasteiger partial charge in [-0.3, -0.25) is 0 Å². The molecule has 0 aromatic carbocycles. The highest BCUT2D eigenvalue weighted by molar-refractivity contribution is 6.30. The van der Waals surface area contributed by atoms with Crippen LogP contribution in [0.1, 0.15) is 20.3 Å². The number of aromatic nitrogens is 1. The molecule has 0 fully saturated rings. The van der Waals surface area contributed by atoms with Gasteiger partial charge in [-0.05, 0) is 18.4 Å². The fraction of sp³-hybridized carbons (Fsp3) is 0.545. The molecule has 0 aliphatic carbocycles. The molecule has 0 atom stereocenters. The molecular weight excluding hydrogens is 210 g/mol. The first-order valence-electron chi connectivity index (χ1n) is 5.13. The van der Waals surface area contributed by atoms with Crippen molar-refractivity contribution in [3.05, 3.63) is 17.3 Å². The van der Waals surface area contributed by atoms with Crippen molar-refractivity contribution < 1.29 is 0 Å². The Balaban J connectivity index is 2.69. The quantitative estimate of drug-likeness (QED) is 0.860. The lowest BCUT2D eigenvalue weighted by Gasteiger charge is -2.20. The van der Waals surface area contributed by atoms with Gasteiger partial charge in [-0.1, -0.05) is 25.4 Å². The first kappa shape index (κ1) is 12.1. The third-order valence-corrected chi connectivity index (χ3v) is 2.47. The average molecular weight is 228 g/mol. The number of nitrogens with two attached hydrogens (primary N) is 1. The number of nitrogens with zero attached hydrogens (tertiary/aromatic N) is 2. The Kier molecular flexibility index (Phi) is 4.21. The average Bonchev–Trinajstić information content (AvgIpc) is 2.14. The third kappa shape index (κ3) is 3.59. The number of nitrogen functional groups attached to an aromatic ring is 1. The second-order valence-corrected chi connectivity index (χ2v) is 4.61. The Morgan fingerprint density at radius 2 is 2.20 bits per heavy atom. The summed E-state index contributed by atoms with van der Waals surface area (Å²) in [6, 6.07) is 1.73. The molecule has 84 valence electrons. The second-order valence-electron chi connectivity index (χ2n) is 4.17. The lowest BCUT2D eigenvalue weighted by atomic mass is 10.1. The molecule has 0 bridgehead atoms. The van der Waals surface area contributed by atoms with Crippen LogP contribution in [0.3, 0.4) is 0 Å². The molecule has 0 aliphatic heterocycles. The van der Waals surface area contributed by atoms with Gasteiger partial charge in [0, 0.05) is 19.8 Å². The van der Waals surface area contributed by atoms with Gasteiger partial charge < -0.3 is 10.6 Å². The van der Waals surface area contributed by atoms with Gasteiger partial charge in [0.1, 0.15) is 0 Å². The lowest BCUT2D eigenvalue weighted by molar-refractivity contribution is 0.584. The van der Waals surface area contributed by atoms with E-state index in [9.17, 15) is 0 Å². The summed E-state index contributed by atoms with van der Waals surface area (Å²) in [5, 5.41) is 0.577. The van der Waals surface area contributed by atoms with E-state index in [0.717, 1.165) is 18.8 Å². The first-order chi connectivity index (χ1) is 7.00. The molecule has 0 unspecified atom stereocenters. The fourth-order valence-corrected chi connectivity index (χ4v) is 1.49. The summed E-state index contributed by atoms with van der Waals surface area (Å²) in [6.07, 6.45) is 2.75. The molecule has 1 aromatic rings. The maximum Gasteiger partial charge on any atom is 0.151 e. The van der Waals surface area contributed by atoms with Crippen LogP contribution in [-0.4, -0.2) is 18.6 Å². The minimum absolute atomic E-state index is 0.577. The van der Waals surface area contributed by atoms with Gasteiger partial charge in [0.25, 0.3) is 0 Å². The van der Waals surface area contributed by atoms with Gasteiger partial charge in [-0.25, -0.2) is 4.98 Å². The van der Waals surface area contributed by atoms with Crippen LogP contribution in [0.2, 0.25) is 5.02 Å². The lowest BCUT2D eigenvalue weighted by Crippen LogP contribution is -2.22. The number of hydrogen-bond acceptors (Lipinski definition) is 3. The SMILES string of the molecule is CC(C)CCN(C)c1ncc(Cl)cc1N. The van der Waals surface area contributed by atoms with Gasteiger partial charge in [0.05, 0.1) is 10.7 Å². The minimum Gasteiger partial charge on any atom is -0.396 e. The van der Waals surface area contributed by atoms with Crippen LogP contribution in [0, 0.1) is 5.92 Å². The van der Waals surface area contributed by atoms with Gasteiger partial charge >= 0.3 is 0 Å². The summed E-state index contributed by atoms with van der Waals surface area (Å²) >= 11 is 5.79. The van der Waals surface area contributed by atoms with E-state index in [1.54, 1.807) is 12.3 Å². The third-order valence-electron chi connectivity index (χ3n) is 2.27. The van der Waals surface area contributed by atoms with E-state index >= 15 is 0 Å². The highest BCUT2D eigenvalue weighted by atomic mass is 35.5. The van der Waals surface area contributed by atoms with Crippen molar-refractivity contribution in [1.82, 2.24) is 4.98 Å². The topological polar surface area (TPSA) is 42.2 Å². The molecule has 0 radical (unpaired) electrons. The Labute approximate surface area is 96.2 Å². The summed E-state index contributed by atoms with van der Waals surface area (Å²) in [6.45, 7) is 5.36. The van der Waals surface area contributed by atoms with Crippen LogP contribution in [0.15, 0.2) is 12.3 Å². The normalized spacial score (nSPS) is 10.7. The van der Waals surface area contributed by atoms with Gasteiger partial charge in [0.2, 0.25) is 0 Å². The van der Waals surface area contributed by atoms with Crippen molar-refractivity contribution in [2.75, 3.05) is 24.2 Å². The van der Waals surface area contributed by atoms with E-state index in [2.05, 4.69) is 23.7 Å². The number of pyridine rings is 1. The zero-order valence-electron chi connectivity index (χ0n) is 9.50. The maximum atomic E-state index is 5.84. The maximum absolute atomic E-state index is 5.84. The van der Waals surface area contributed by atoms with Crippen LogP contribution in [0.4, 0.5) is 11.5 Å². The monoisotopic (exact) mass is 227 g/mol. The Bertz CT molecular complexity index is 326. The van der Waals surface area contributed by atoms with Crippen LogP contribution >= 0.6 is 11.6 Å². The summed E-state index contributed by atoms with van der Waals surface area (Å²) < 4.78 is 0. The molecule has 0 spiro atoms. The first-order valence-corrected chi connectivity index (χ1v) is 5.50. The number of anilines is 2. The van der Waals surface area contributed by atoms with Crippen LogP contribution in [0.5, 0.6) is 0 Å². The highest BCUT2D eigenvalue weighted by Crippen LogP contribution is 2.22. The Morgan fingerprint density at radius 1 is 1.53 bits per heavy atom. The molecule has 2 N–H and O–H groups in total. The summed E-state index contributed by atoms with van der Waals surface area (Å²) in [4.78, 5) is 6.29. The van der Waals surface area contributed by atoms with Crippen molar-refractivity contribution in [2.24, 2.45) is 5.92 Å². The van der Waals surface area contributed by atoms with E-state index < -0.39 is 0 Å². The number of hydrogen-bond donors (Lipinski definition) is 1. The molecule has 0 saturated carbocycles. The van der Waals surface area contributed by atoms with Crippen molar-refractivity contribution >= 4 is 23.1 Å². The van der Waals surface area contributed by atoms with E-state index in [0.29, 0.717) is 16.6 Å². The van der Waals surface area contributed by atoms with E-state index in [1.165, 1.54) is 0 Å². The molecule has 0 aliphatic rings. The predicted octanol–water partition coefficient (Wildman–Crippen LogP) is 2.80. The standard InChI is InChI=1S/C11H18ClN3/c1-8(2)4-5-15(3)11-10(13)6-9(12)7-14-11/h6-8H,4-5,13H2,1-3H3. The fourth-order valence-electron chi connectivity index (χ4n) is 1.32. The molecule has 1 rings (SSSR count). The van der Waals surface area contributed by atoms with Crippen molar-refractivity contribution in [1.29, 1.82) is 0 Å². The second kappa shape index (κ2) is 5.21. The minimum atomic E-state index is 0.577. The predicted molar refractivity (Wildman–Crippen MR) is 66.4 cm³/mol. The van der Waals surface area contributed by atoms with E-state index in [1.807, 2.05) is 7.05 Å². The summed E-state index contributed by atoms with van der Waals surface area (Å²) in [5.41, 5.74) is 6.47. The smallest absolute Gasteiger partial charge is 0.151 e. The van der Waals surface area contributed by atoms with Crippen molar-refractivity contribution in [2.45, 2.75) is 20.3 Å². The highest BCUT2D eigenvalue weighted by Gasteiger charge is 2.07. The summed E-state index contributed by atoms with van der Waals surface area (Å²) in [5.74, 6) is 1.49. The van der Waals surface area contributed by atoms with Crippen molar-refractivity contribution in [3.63, 3.8) is 0 Å². The molecule has 4 heteroatoms. The molecule has 0 saturated heterocycles. The number of halogens is 1. The molecule has 1 aromatic heterocycles. The molecule has 15 heavy (non-hydrogen) atoms. The Morgan fingerprint density at radius 3 is 2.73 bits per heavy atom. The Hall–Kier alpha value is -0.960. The molecule has 0 amide bonds. The summed E-state index contributed by atoms with van der Waals surface area (Å²) in [7, 11) is 2.00. The zero-order chi connectivity index (χ0) is 11.4. The zero-order valence-corrected chi connectivity index (χ0v) is 10.3. The van der Waals surface area contributed by atoms with Crippen LogP contribution in [0.25, 0.3) is 0 Å². The van der Waals surface area contributed by atoms with Gasteiger partial charge in [0.15, 0.2) is 5.82 Å². The van der Waals surface area contributed by atoms with Gasteiger partial charge in [-0.15, -0.1) is 0 Å². The molecule has 1 heterocycles. The van der Waals surface area contributed by atoms with Gasteiger partial charge in [-0.2, -0.15) is 0 Å². The van der Waals surface area contributed by atoms with Crippen molar-refractivity contribution in [3.8, 4) is 0 Å². The molecular formula is C11H18ClN3.